The van der Waals surface area contributed by atoms with Crippen LogP contribution in [-0.2, 0) is 11.3 Å². The first-order valence-corrected chi connectivity index (χ1v) is 7.15. The quantitative estimate of drug-likeness (QED) is 0.846. The van der Waals surface area contributed by atoms with Gasteiger partial charge in [-0.05, 0) is 5.56 Å². The largest absolute Gasteiger partial charge is 0.368 e. The van der Waals surface area contributed by atoms with Gasteiger partial charge in [0.25, 0.3) is 0 Å². The van der Waals surface area contributed by atoms with Crippen molar-refractivity contribution in [2.24, 2.45) is 5.73 Å². The van der Waals surface area contributed by atoms with E-state index in [0.717, 1.165) is 16.4 Å². The van der Waals surface area contributed by atoms with Crippen LogP contribution >= 0.6 is 11.3 Å². The van der Waals surface area contributed by atoms with Crippen LogP contribution in [0.3, 0.4) is 0 Å². The van der Waals surface area contributed by atoms with Crippen molar-refractivity contribution in [3.63, 3.8) is 0 Å². The van der Waals surface area contributed by atoms with Crippen molar-refractivity contribution in [1.82, 2.24) is 10.3 Å². The van der Waals surface area contributed by atoms with E-state index in [-0.39, 0.29) is 5.91 Å². The minimum Gasteiger partial charge on any atom is -0.368 e. The number of primary amides is 1. The first-order valence-electron chi connectivity index (χ1n) is 6.27. The maximum atomic E-state index is 11.6. The molecule has 0 unspecified atom stereocenters. The molecular weight excluding hydrogens is 272 g/mol. The molecule has 0 saturated carbocycles. The lowest BCUT2D eigenvalue weighted by molar-refractivity contribution is -0.120. The van der Waals surface area contributed by atoms with Crippen molar-refractivity contribution in [2.75, 3.05) is 19.0 Å². The Bertz CT molecular complexity index is 568. The van der Waals surface area contributed by atoms with Gasteiger partial charge in [-0.2, -0.15) is 0 Å². The van der Waals surface area contributed by atoms with Crippen molar-refractivity contribution in [3.05, 3.63) is 47.0 Å². The lowest BCUT2D eigenvalue weighted by Gasteiger charge is -2.15. The molecule has 0 radical (unpaired) electrons. The van der Waals surface area contributed by atoms with Crippen LogP contribution in [0, 0.1) is 0 Å². The summed E-state index contributed by atoms with van der Waals surface area (Å²) in [6, 6.07) is 8.95. The Morgan fingerprint density at radius 1 is 1.40 bits per heavy atom. The summed E-state index contributed by atoms with van der Waals surface area (Å²) in [5.74, 6) is -0.390. The van der Waals surface area contributed by atoms with Gasteiger partial charge < -0.3 is 10.6 Å². The molecule has 0 aliphatic heterocycles. The summed E-state index contributed by atoms with van der Waals surface area (Å²) in [6.45, 7) is 0.507. The van der Waals surface area contributed by atoms with E-state index in [1.807, 2.05) is 54.7 Å². The van der Waals surface area contributed by atoms with E-state index >= 15 is 0 Å². The van der Waals surface area contributed by atoms with Gasteiger partial charge in [0.15, 0.2) is 5.13 Å². The molecular formula is C14H18N4OS. The highest BCUT2D eigenvalue weighted by atomic mass is 32.1. The fourth-order valence-corrected chi connectivity index (χ4v) is 2.58. The average Bonchev–Trinajstić information content (AvgIpc) is 2.89. The number of carbonyl (C=O) groups is 1. The summed E-state index contributed by atoms with van der Waals surface area (Å²) in [7, 11) is 3.90. The molecule has 2 aromatic rings. The van der Waals surface area contributed by atoms with Crippen molar-refractivity contribution in [1.29, 1.82) is 0 Å². The van der Waals surface area contributed by atoms with E-state index in [0.29, 0.717) is 6.54 Å². The van der Waals surface area contributed by atoms with Gasteiger partial charge in [0.05, 0.1) is 5.69 Å². The van der Waals surface area contributed by atoms with Crippen LogP contribution < -0.4 is 16.0 Å². The summed E-state index contributed by atoms with van der Waals surface area (Å²) in [4.78, 5) is 18.0. The number of benzene rings is 1. The number of rotatable bonds is 6. The summed E-state index contributed by atoms with van der Waals surface area (Å²) in [6.07, 6.45) is 0. The number of nitrogens with zero attached hydrogens (tertiary/aromatic N) is 2. The normalized spacial score (nSPS) is 12.1. The van der Waals surface area contributed by atoms with Gasteiger partial charge in [0.1, 0.15) is 6.04 Å². The number of nitrogens with two attached hydrogens (primary N) is 1. The second-order valence-corrected chi connectivity index (χ2v) is 5.48. The van der Waals surface area contributed by atoms with E-state index < -0.39 is 6.04 Å². The highest BCUT2D eigenvalue weighted by Crippen LogP contribution is 2.19. The van der Waals surface area contributed by atoms with Crippen LogP contribution in [0.2, 0.25) is 0 Å². The first-order chi connectivity index (χ1) is 9.58. The number of aromatic nitrogens is 1. The van der Waals surface area contributed by atoms with E-state index in [1.165, 1.54) is 0 Å². The molecule has 6 heteroatoms. The Kier molecular flexibility index (Phi) is 4.70. The van der Waals surface area contributed by atoms with Crippen LogP contribution in [0.5, 0.6) is 0 Å². The molecule has 106 valence electrons. The number of hydrogen-bond acceptors (Lipinski definition) is 5. The molecule has 0 saturated heterocycles. The zero-order valence-electron chi connectivity index (χ0n) is 11.5. The minimum atomic E-state index is -0.499. The maximum Gasteiger partial charge on any atom is 0.239 e. The number of nitrogens with one attached hydrogen (secondary N) is 1. The van der Waals surface area contributed by atoms with Crippen LogP contribution in [0.1, 0.15) is 17.3 Å². The Morgan fingerprint density at radius 2 is 2.10 bits per heavy atom. The molecule has 20 heavy (non-hydrogen) atoms. The van der Waals surface area contributed by atoms with Crippen LogP contribution in [0.4, 0.5) is 5.13 Å². The van der Waals surface area contributed by atoms with Crippen molar-refractivity contribution < 1.29 is 4.79 Å². The lowest BCUT2D eigenvalue weighted by atomic mass is 10.1. The number of hydrogen-bond donors (Lipinski definition) is 2. The van der Waals surface area contributed by atoms with Gasteiger partial charge in [-0.25, -0.2) is 4.98 Å². The van der Waals surface area contributed by atoms with Crippen molar-refractivity contribution >= 4 is 22.4 Å². The zero-order valence-corrected chi connectivity index (χ0v) is 12.4. The predicted octanol–water partition coefficient (Wildman–Crippen LogP) is 1.53. The topological polar surface area (TPSA) is 71.2 Å². The van der Waals surface area contributed by atoms with Gasteiger partial charge in [0.2, 0.25) is 5.91 Å². The Balaban J connectivity index is 2.04. The molecule has 2 rings (SSSR count). The number of thiazole rings is 1. The van der Waals surface area contributed by atoms with Gasteiger partial charge in [-0.3, -0.25) is 10.1 Å². The zero-order chi connectivity index (χ0) is 14.5. The number of carbonyl (C=O) groups excluding carboxylic acids is 1. The van der Waals surface area contributed by atoms with Crippen LogP contribution in [0.15, 0.2) is 35.7 Å². The summed E-state index contributed by atoms with van der Waals surface area (Å²) in [5, 5.41) is 6.07. The van der Waals surface area contributed by atoms with Crippen molar-refractivity contribution in [2.45, 2.75) is 12.6 Å². The SMILES string of the molecule is CN(C)c1nc(CN[C@H](C(N)=O)c2ccccc2)cs1. The molecule has 1 amide bonds. The van der Waals surface area contributed by atoms with Gasteiger partial charge in [0, 0.05) is 26.0 Å². The highest BCUT2D eigenvalue weighted by molar-refractivity contribution is 7.13. The number of anilines is 1. The molecule has 0 fully saturated rings. The third kappa shape index (κ3) is 3.55. The third-order valence-electron chi connectivity index (χ3n) is 2.83. The summed E-state index contributed by atoms with van der Waals surface area (Å²) < 4.78 is 0. The Morgan fingerprint density at radius 3 is 2.65 bits per heavy atom. The smallest absolute Gasteiger partial charge is 0.239 e. The molecule has 1 aromatic heterocycles. The number of amides is 1. The standard InChI is InChI=1S/C14H18N4OS/c1-18(2)14-17-11(9-20-14)8-16-12(13(15)19)10-6-4-3-5-7-10/h3-7,9,12,16H,8H2,1-2H3,(H2,15,19)/t12-/m0/s1. The fourth-order valence-electron chi connectivity index (χ4n) is 1.82. The maximum absolute atomic E-state index is 11.6. The molecule has 1 heterocycles. The molecule has 0 aliphatic carbocycles. The van der Waals surface area contributed by atoms with Crippen LogP contribution in [0.25, 0.3) is 0 Å². The Labute approximate surface area is 122 Å². The van der Waals surface area contributed by atoms with Crippen LogP contribution in [-0.4, -0.2) is 25.0 Å². The van der Waals surface area contributed by atoms with Gasteiger partial charge in [-0.1, -0.05) is 30.3 Å². The molecule has 0 bridgehead atoms. The minimum absolute atomic E-state index is 0.390. The fraction of sp³-hybridized carbons (Fsp3) is 0.286. The molecule has 0 spiro atoms. The lowest BCUT2D eigenvalue weighted by Crippen LogP contribution is -2.33. The molecule has 0 aliphatic rings. The summed E-state index contributed by atoms with van der Waals surface area (Å²) in [5.41, 5.74) is 7.23. The second-order valence-electron chi connectivity index (χ2n) is 4.64. The van der Waals surface area contributed by atoms with E-state index in [2.05, 4.69) is 10.3 Å². The van der Waals surface area contributed by atoms with Crippen molar-refractivity contribution in [3.8, 4) is 0 Å². The van der Waals surface area contributed by atoms with Gasteiger partial charge >= 0.3 is 0 Å². The predicted molar refractivity (Wildman–Crippen MR) is 81.7 cm³/mol. The second kappa shape index (κ2) is 6.49. The molecule has 1 aromatic carbocycles. The average molecular weight is 290 g/mol. The van der Waals surface area contributed by atoms with E-state index in [4.69, 9.17) is 5.73 Å². The monoisotopic (exact) mass is 290 g/mol. The van der Waals surface area contributed by atoms with E-state index in [9.17, 15) is 4.79 Å². The van der Waals surface area contributed by atoms with E-state index in [1.54, 1.807) is 11.3 Å². The van der Waals surface area contributed by atoms with Gasteiger partial charge in [-0.15, -0.1) is 11.3 Å². The molecule has 3 N–H and O–H groups in total. The Hall–Kier alpha value is -1.92. The molecule has 5 nitrogen and oxygen atoms in total. The summed E-state index contributed by atoms with van der Waals surface area (Å²) >= 11 is 1.57. The molecule has 1 atom stereocenters. The first kappa shape index (κ1) is 14.5. The highest BCUT2D eigenvalue weighted by Gasteiger charge is 2.17. The third-order valence-corrected chi connectivity index (χ3v) is 3.88.